The number of nitrogens with one attached hydrogen (secondary N) is 1. The van der Waals surface area contributed by atoms with Gasteiger partial charge in [-0.25, -0.2) is 0 Å². The summed E-state index contributed by atoms with van der Waals surface area (Å²) in [5.74, 6) is 0.206. The van der Waals surface area contributed by atoms with Crippen molar-refractivity contribution < 1.29 is 9.59 Å². The maximum absolute atomic E-state index is 12.6. The van der Waals surface area contributed by atoms with E-state index in [0.717, 1.165) is 28.6 Å². The predicted molar refractivity (Wildman–Crippen MR) is 113 cm³/mol. The van der Waals surface area contributed by atoms with E-state index in [9.17, 15) is 9.59 Å². The molecule has 1 N–H and O–H groups in total. The lowest BCUT2D eigenvalue weighted by atomic mass is 10.0. The van der Waals surface area contributed by atoms with Crippen molar-refractivity contribution in [3.63, 3.8) is 0 Å². The van der Waals surface area contributed by atoms with Crippen LogP contribution < -0.4 is 5.32 Å². The van der Waals surface area contributed by atoms with Crippen molar-refractivity contribution in [2.24, 2.45) is 0 Å². The third-order valence-electron chi connectivity index (χ3n) is 4.58. The molecule has 3 rings (SSSR count). The van der Waals surface area contributed by atoms with E-state index in [2.05, 4.69) is 37.4 Å². The van der Waals surface area contributed by atoms with Gasteiger partial charge in [0.05, 0.1) is 11.6 Å². The van der Waals surface area contributed by atoms with Crippen molar-refractivity contribution in [3.05, 3.63) is 69.6 Å². The zero-order valence-electron chi connectivity index (χ0n) is 16.1. The van der Waals surface area contributed by atoms with E-state index in [4.69, 9.17) is 0 Å². The van der Waals surface area contributed by atoms with Gasteiger partial charge in [-0.3, -0.25) is 14.5 Å². The summed E-state index contributed by atoms with van der Waals surface area (Å²) < 4.78 is 0. The smallest absolute Gasteiger partial charge is 0.295 e. The van der Waals surface area contributed by atoms with Gasteiger partial charge in [-0.05, 0) is 60.4 Å². The molecule has 1 aliphatic heterocycles. The Labute approximate surface area is 164 Å². The Bertz CT molecular complexity index is 901. The molecular weight excluding hydrogens is 356 g/mol. The molecule has 1 aliphatic rings. The monoisotopic (exact) mass is 380 g/mol. The van der Waals surface area contributed by atoms with Crippen molar-refractivity contribution in [1.29, 1.82) is 0 Å². The van der Waals surface area contributed by atoms with E-state index in [1.54, 1.807) is 6.08 Å². The third kappa shape index (κ3) is 4.42. The second-order valence-electron chi connectivity index (χ2n) is 7.08. The first kappa shape index (κ1) is 19.2. The SMILES string of the molecule is Cc1ccc(NCN2C(=O)S/C(=C/c3ccc(C(C)C)cc3)C2=O)c(C)c1. The lowest BCUT2D eigenvalue weighted by Gasteiger charge is -2.16. The first-order valence-corrected chi connectivity index (χ1v) is 9.83. The maximum atomic E-state index is 12.6. The molecule has 2 aromatic rings. The van der Waals surface area contributed by atoms with Gasteiger partial charge in [0.15, 0.2) is 0 Å². The normalized spacial score (nSPS) is 15.9. The first-order valence-electron chi connectivity index (χ1n) is 9.01. The van der Waals surface area contributed by atoms with Crippen LogP contribution in [-0.4, -0.2) is 22.7 Å². The number of aryl methyl sites for hydroxylation is 2. The fourth-order valence-electron chi connectivity index (χ4n) is 2.94. The Morgan fingerprint density at radius 2 is 1.78 bits per heavy atom. The summed E-state index contributed by atoms with van der Waals surface area (Å²) in [6, 6.07) is 14.1. The van der Waals surface area contributed by atoms with Crippen LogP contribution in [0.4, 0.5) is 10.5 Å². The van der Waals surface area contributed by atoms with Gasteiger partial charge in [-0.15, -0.1) is 0 Å². The van der Waals surface area contributed by atoms with Crippen molar-refractivity contribution in [2.75, 3.05) is 12.0 Å². The largest absolute Gasteiger partial charge is 0.367 e. The van der Waals surface area contributed by atoms with Gasteiger partial charge in [0.1, 0.15) is 0 Å². The van der Waals surface area contributed by atoms with Crippen LogP contribution in [-0.2, 0) is 4.79 Å². The summed E-state index contributed by atoms with van der Waals surface area (Å²) in [6.45, 7) is 8.49. The average molecular weight is 381 g/mol. The molecule has 1 saturated heterocycles. The molecule has 2 amide bonds. The van der Waals surface area contributed by atoms with Crippen molar-refractivity contribution in [3.8, 4) is 0 Å². The summed E-state index contributed by atoms with van der Waals surface area (Å²) in [5.41, 5.74) is 5.36. The minimum Gasteiger partial charge on any atom is -0.367 e. The number of hydrogen-bond donors (Lipinski definition) is 1. The molecule has 0 aliphatic carbocycles. The van der Waals surface area contributed by atoms with Crippen LogP contribution in [0.25, 0.3) is 6.08 Å². The maximum Gasteiger partial charge on any atom is 0.295 e. The minimum absolute atomic E-state index is 0.165. The molecule has 2 aromatic carbocycles. The Kier molecular flexibility index (Phi) is 5.71. The van der Waals surface area contributed by atoms with Gasteiger partial charge in [0.2, 0.25) is 0 Å². The van der Waals surface area contributed by atoms with Crippen molar-refractivity contribution in [2.45, 2.75) is 33.6 Å². The molecule has 5 heteroatoms. The van der Waals surface area contributed by atoms with E-state index in [1.165, 1.54) is 16.0 Å². The highest BCUT2D eigenvalue weighted by atomic mass is 32.2. The third-order valence-corrected chi connectivity index (χ3v) is 5.49. The fraction of sp³-hybridized carbons (Fsp3) is 0.273. The highest BCUT2D eigenvalue weighted by molar-refractivity contribution is 8.18. The average Bonchev–Trinajstić information content (AvgIpc) is 2.88. The highest BCUT2D eigenvalue weighted by Crippen LogP contribution is 2.32. The lowest BCUT2D eigenvalue weighted by Crippen LogP contribution is -2.33. The zero-order valence-corrected chi connectivity index (χ0v) is 16.9. The Hall–Kier alpha value is -2.53. The van der Waals surface area contributed by atoms with Gasteiger partial charge < -0.3 is 5.32 Å². The molecule has 1 heterocycles. The van der Waals surface area contributed by atoms with Crippen LogP contribution in [0.2, 0.25) is 0 Å². The Balaban J connectivity index is 1.70. The molecular formula is C22H24N2O2S. The van der Waals surface area contributed by atoms with Crippen molar-refractivity contribution >= 4 is 34.7 Å². The van der Waals surface area contributed by atoms with Crippen LogP contribution in [0.1, 0.15) is 42.0 Å². The molecule has 0 aromatic heterocycles. The number of nitrogens with zero attached hydrogens (tertiary/aromatic N) is 1. The number of rotatable bonds is 5. The molecule has 4 nitrogen and oxygen atoms in total. The lowest BCUT2D eigenvalue weighted by molar-refractivity contribution is -0.122. The molecule has 0 radical (unpaired) electrons. The number of benzene rings is 2. The highest BCUT2D eigenvalue weighted by Gasteiger charge is 2.34. The Morgan fingerprint density at radius 3 is 2.41 bits per heavy atom. The van der Waals surface area contributed by atoms with Gasteiger partial charge >= 0.3 is 0 Å². The summed E-state index contributed by atoms with van der Waals surface area (Å²) in [7, 11) is 0. The Morgan fingerprint density at radius 1 is 1.07 bits per heavy atom. The number of anilines is 1. The zero-order chi connectivity index (χ0) is 19.6. The van der Waals surface area contributed by atoms with Gasteiger partial charge in [-0.1, -0.05) is 55.8 Å². The van der Waals surface area contributed by atoms with Crippen LogP contribution >= 0.6 is 11.8 Å². The predicted octanol–water partition coefficient (Wildman–Crippen LogP) is 5.53. The second kappa shape index (κ2) is 8.01. The van der Waals surface area contributed by atoms with E-state index >= 15 is 0 Å². The molecule has 27 heavy (non-hydrogen) atoms. The van der Waals surface area contributed by atoms with E-state index in [1.807, 2.05) is 38.1 Å². The van der Waals surface area contributed by atoms with Crippen molar-refractivity contribution in [1.82, 2.24) is 4.90 Å². The topological polar surface area (TPSA) is 49.4 Å². The quantitative estimate of drug-likeness (QED) is 0.693. The number of hydrogen-bond acceptors (Lipinski definition) is 4. The van der Waals surface area contributed by atoms with Crippen LogP contribution in [0.3, 0.4) is 0 Å². The van der Waals surface area contributed by atoms with Gasteiger partial charge in [-0.2, -0.15) is 0 Å². The van der Waals surface area contributed by atoms with Gasteiger partial charge in [0, 0.05) is 5.69 Å². The van der Waals surface area contributed by atoms with Crippen LogP contribution in [0, 0.1) is 13.8 Å². The van der Waals surface area contributed by atoms with Crippen LogP contribution in [0.15, 0.2) is 47.4 Å². The fourth-order valence-corrected chi connectivity index (χ4v) is 3.78. The summed E-state index contributed by atoms with van der Waals surface area (Å²) >= 11 is 0.987. The minimum atomic E-state index is -0.254. The molecule has 0 spiro atoms. The molecule has 1 fully saturated rings. The molecule has 0 unspecified atom stereocenters. The molecule has 0 atom stereocenters. The number of carbonyl (C=O) groups excluding carboxylic acids is 2. The van der Waals surface area contributed by atoms with E-state index in [-0.39, 0.29) is 17.8 Å². The number of thioether (sulfide) groups is 1. The molecule has 140 valence electrons. The summed E-state index contributed by atoms with van der Waals surface area (Å²) in [4.78, 5) is 26.6. The number of imide groups is 1. The van der Waals surface area contributed by atoms with Gasteiger partial charge in [0.25, 0.3) is 11.1 Å². The molecule has 0 bridgehead atoms. The summed E-state index contributed by atoms with van der Waals surface area (Å²) in [5, 5.41) is 2.94. The van der Waals surface area contributed by atoms with Crippen LogP contribution in [0.5, 0.6) is 0 Å². The first-order chi connectivity index (χ1) is 12.8. The summed E-state index contributed by atoms with van der Waals surface area (Å²) in [6.07, 6.45) is 1.78. The van der Waals surface area contributed by atoms with E-state index in [0.29, 0.717) is 10.8 Å². The second-order valence-corrected chi connectivity index (χ2v) is 8.08. The number of amides is 2. The molecule has 0 saturated carbocycles. The standard InChI is InChI=1S/C22H24N2O2S/c1-14(2)18-8-6-17(7-9-18)12-20-21(25)24(22(26)27-20)13-23-19-10-5-15(3)11-16(19)4/h5-12,14,23H,13H2,1-4H3/b20-12+. The number of carbonyl (C=O) groups is 2. The van der Waals surface area contributed by atoms with E-state index < -0.39 is 0 Å².